The number of halogens is 1. The highest BCUT2D eigenvalue weighted by Gasteiger charge is 2.49. The minimum atomic E-state index is 0. The minimum absolute atomic E-state index is 0. The number of hydrogen-bond donors (Lipinski definition) is 2. The smallest absolute Gasteiger partial charge is 0.0586 e. The molecule has 2 aliphatic heterocycles. The number of benzene rings is 2. The summed E-state index contributed by atoms with van der Waals surface area (Å²) in [4.78, 5) is 0. The summed E-state index contributed by atoms with van der Waals surface area (Å²) in [6.07, 6.45) is 1.21. The van der Waals surface area contributed by atoms with Crippen LogP contribution in [0.4, 0.5) is 5.69 Å². The summed E-state index contributed by atoms with van der Waals surface area (Å²) in [6.45, 7) is 3.51. The minimum Gasteiger partial charge on any atom is -0.377 e. The second kappa shape index (κ2) is 5.36. The van der Waals surface area contributed by atoms with Gasteiger partial charge >= 0.3 is 0 Å². The lowest BCUT2D eigenvalue weighted by molar-refractivity contribution is 0.227. The Morgan fingerprint density at radius 1 is 0.952 bits per heavy atom. The average Bonchev–Trinajstić information content (AvgIpc) is 2.90. The first-order valence-electron chi connectivity index (χ1n) is 7.43. The number of anilines is 1. The van der Waals surface area contributed by atoms with E-state index in [0.29, 0.717) is 12.1 Å². The molecule has 0 spiro atoms. The largest absolute Gasteiger partial charge is 0.377 e. The molecule has 1 saturated heterocycles. The maximum Gasteiger partial charge on any atom is 0.0586 e. The van der Waals surface area contributed by atoms with E-state index in [0.717, 1.165) is 6.54 Å². The first-order chi connectivity index (χ1) is 9.79. The Bertz CT molecular complexity index is 628. The van der Waals surface area contributed by atoms with E-state index >= 15 is 0 Å². The van der Waals surface area contributed by atoms with Gasteiger partial charge in [-0.1, -0.05) is 55.5 Å². The molecule has 2 N–H and O–H groups in total. The molecule has 21 heavy (non-hydrogen) atoms. The van der Waals surface area contributed by atoms with Crippen molar-refractivity contribution >= 4 is 18.1 Å². The molecule has 3 atom stereocenters. The molecule has 0 amide bonds. The van der Waals surface area contributed by atoms with Crippen LogP contribution in [0.15, 0.2) is 54.6 Å². The van der Waals surface area contributed by atoms with Crippen LogP contribution in [0.1, 0.15) is 36.6 Å². The fourth-order valence-electron chi connectivity index (χ4n) is 3.95. The van der Waals surface area contributed by atoms with Crippen LogP contribution >= 0.6 is 12.4 Å². The molecule has 2 aromatic carbocycles. The third kappa shape index (κ3) is 2.14. The highest BCUT2D eigenvalue weighted by Crippen LogP contribution is 2.55. The number of rotatable bonds is 1. The first kappa shape index (κ1) is 14.4. The molecule has 0 radical (unpaired) electrons. The lowest BCUT2D eigenvalue weighted by atomic mass is 9.68. The zero-order valence-corrected chi connectivity index (χ0v) is 13.0. The number of fused-ring (bicyclic) bond motifs is 3. The Morgan fingerprint density at radius 2 is 1.67 bits per heavy atom. The summed E-state index contributed by atoms with van der Waals surface area (Å²) < 4.78 is 0. The molecule has 2 heterocycles. The number of para-hydroxylation sites is 1. The van der Waals surface area contributed by atoms with E-state index < -0.39 is 0 Å². The van der Waals surface area contributed by atoms with Crippen LogP contribution in [0.3, 0.4) is 0 Å². The van der Waals surface area contributed by atoms with Gasteiger partial charge in [-0.05, 0) is 30.2 Å². The fraction of sp³-hybridized carbons (Fsp3) is 0.333. The van der Waals surface area contributed by atoms with Crippen molar-refractivity contribution in [3.63, 3.8) is 0 Å². The van der Waals surface area contributed by atoms with Gasteiger partial charge in [-0.2, -0.15) is 0 Å². The maximum atomic E-state index is 3.79. The van der Waals surface area contributed by atoms with E-state index in [1.54, 1.807) is 0 Å². The number of hydrogen-bond acceptors (Lipinski definition) is 2. The molecule has 1 fully saturated rings. The van der Waals surface area contributed by atoms with Gasteiger partial charge in [0.2, 0.25) is 0 Å². The summed E-state index contributed by atoms with van der Waals surface area (Å²) in [7, 11) is 0. The van der Waals surface area contributed by atoms with Crippen molar-refractivity contribution in [3.05, 3.63) is 65.7 Å². The van der Waals surface area contributed by atoms with Crippen molar-refractivity contribution in [2.24, 2.45) is 5.41 Å². The van der Waals surface area contributed by atoms with Crippen LogP contribution in [-0.4, -0.2) is 6.54 Å². The topological polar surface area (TPSA) is 24.1 Å². The number of nitrogens with one attached hydrogen (secondary N) is 2. The molecule has 2 nitrogen and oxygen atoms in total. The Kier molecular flexibility index (Phi) is 3.68. The van der Waals surface area contributed by atoms with Crippen LogP contribution in [0.2, 0.25) is 0 Å². The van der Waals surface area contributed by atoms with Crippen LogP contribution in [-0.2, 0) is 0 Å². The molecule has 3 unspecified atom stereocenters. The predicted octanol–water partition coefficient (Wildman–Crippen LogP) is 4.32. The van der Waals surface area contributed by atoms with E-state index in [1.165, 1.54) is 23.2 Å². The SMILES string of the molecule is CC12CCNC1c1ccccc1NC2c1ccccc1.Cl. The van der Waals surface area contributed by atoms with Gasteiger partial charge in [-0.15, -0.1) is 12.4 Å². The normalized spacial score (nSPS) is 29.8. The van der Waals surface area contributed by atoms with Crippen molar-refractivity contribution in [1.82, 2.24) is 5.32 Å². The second-order valence-corrected chi connectivity index (χ2v) is 6.22. The second-order valence-electron chi connectivity index (χ2n) is 6.22. The van der Waals surface area contributed by atoms with Gasteiger partial charge in [0.05, 0.1) is 6.04 Å². The van der Waals surface area contributed by atoms with Crippen LogP contribution in [0.25, 0.3) is 0 Å². The molecular weight excluding hydrogens is 280 g/mol. The third-order valence-electron chi connectivity index (χ3n) is 5.04. The molecule has 4 rings (SSSR count). The van der Waals surface area contributed by atoms with Crippen molar-refractivity contribution in [2.75, 3.05) is 11.9 Å². The van der Waals surface area contributed by atoms with Crippen LogP contribution in [0.5, 0.6) is 0 Å². The quantitative estimate of drug-likeness (QED) is 0.820. The lowest BCUT2D eigenvalue weighted by Gasteiger charge is -2.45. The molecule has 110 valence electrons. The average molecular weight is 301 g/mol. The molecule has 3 heteroatoms. The summed E-state index contributed by atoms with van der Waals surface area (Å²) >= 11 is 0. The molecule has 0 bridgehead atoms. The van der Waals surface area contributed by atoms with E-state index in [2.05, 4.69) is 72.2 Å². The summed E-state index contributed by atoms with van der Waals surface area (Å²) in [5.41, 5.74) is 4.31. The zero-order chi connectivity index (χ0) is 13.6. The summed E-state index contributed by atoms with van der Waals surface area (Å²) in [6, 6.07) is 20.4. The van der Waals surface area contributed by atoms with Crippen molar-refractivity contribution in [3.8, 4) is 0 Å². The molecule has 2 aliphatic rings. The van der Waals surface area contributed by atoms with E-state index in [1.807, 2.05) is 0 Å². The Hall–Kier alpha value is -1.51. The summed E-state index contributed by atoms with van der Waals surface area (Å²) in [5, 5.41) is 7.50. The van der Waals surface area contributed by atoms with E-state index in [9.17, 15) is 0 Å². The van der Waals surface area contributed by atoms with E-state index in [4.69, 9.17) is 0 Å². The zero-order valence-electron chi connectivity index (χ0n) is 12.2. The third-order valence-corrected chi connectivity index (χ3v) is 5.04. The summed E-state index contributed by atoms with van der Waals surface area (Å²) in [5.74, 6) is 0. The van der Waals surface area contributed by atoms with Gasteiger partial charge in [0.25, 0.3) is 0 Å². The van der Waals surface area contributed by atoms with Gasteiger partial charge in [0.1, 0.15) is 0 Å². The maximum absolute atomic E-state index is 3.79. The van der Waals surface area contributed by atoms with Crippen molar-refractivity contribution < 1.29 is 0 Å². The van der Waals surface area contributed by atoms with Crippen molar-refractivity contribution in [2.45, 2.75) is 25.4 Å². The fourth-order valence-corrected chi connectivity index (χ4v) is 3.95. The van der Waals surface area contributed by atoms with Gasteiger partial charge in [-0.25, -0.2) is 0 Å². The van der Waals surface area contributed by atoms with E-state index in [-0.39, 0.29) is 17.8 Å². The van der Waals surface area contributed by atoms with Gasteiger partial charge in [-0.3, -0.25) is 0 Å². The first-order valence-corrected chi connectivity index (χ1v) is 7.43. The van der Waals surface area contributed by atoms with Crippen molar-refractivity contribution in [1.29, 1.82) is 0 Å². The Labute approximate surface area is 132 Å². The highest BCUT2D eigenvalue weighted by molar-refractivity contribution is 5.85. The standard InChI is InChI=1S/C18H20N2.ClH/c1-18-11-12-19-17(18)14-9-5-6-10-15(14)20-16(18)13-7-3-2-4-8-13;/h2-10,16-17,19-20H,11-12H2,1H3;1H. The Morgan fingerprint density at radius 3 is 2.48 bits per heavy atom. The van der Waals surface area contributed by atoms with Gasteiger partial charge < -0.3 is 10.6 Å². The molecule has 0 saturated carbocycles. The van der Waals surface area contributed by atoms with Crippen LogP contribution in [0, 0.1) is 5.41 Å². The highest BCUT2D eigenvalue weighted by atomic mass is 35.5. The monoisotopic (exact) mass is 300 g/mol. The molecule has 0 aromatic heterocycles. The van der Waals surface area contributed by atoms with Gasteiger partial charge in [0.15, 0.2) is 0 Å². The van der Waals surface area contributed by atoms with Crippen LogP contribution < -0.4 is 10.6 Å². The molecular formula is C18H21ClN2. The lowest BCUT2D eigenvalue weighted by Crippen LogP contribution is -2.40. The molecule has 0 aliphatic carbocycles. The Balaban J connectivity index is 0.00000132. The molecule has 2 aromatic rings. The van der Waals surface area contributed by atoms with Gasteiger partial charge in [0, 0.05) is 17.1 Å². The predicted molar refractivity (Wildman–Crippen MR) is 90.0 cm³/mol.